The van der Waals surface area contributed by atoms with Crippen molar-refractivity contribution in [2.45, 2.75) is 44.6 Å². The van der Waals surface area contributed by atoms with E-state index < -0.39 is 0 Å². The summed E-state index contributed by atoms with van der Waals surface area (Å²) >= 11 is 0. The SMILES string of the molecule is O=C(NC1CCN(C(=O)N2CCCC2)CC1)c1ccc(CC2CCNC2)cc1. The van der Waals surface area contributed by atoms with E-state index in [0.717, 1.165) is 76.9 Å². The number of carbonyl (C=O) groups is 2. The van der Waals surface area contributed by atoms with Gasteiger partial charge in [-0.15, -0.1) is 0 Å². The molecule has 4 rings (SSSR count). The second kappa shape index (κ2) is 8.95. The summed E-state index contributed by atoms with van der Waals surface area (Å²) in [5, 5.41) is 6.56. The lowest BCUT2D eigenvalue weighted by Crippen LogP contribution is -2.50. The van der Waals surface area contributed by atoms with Gasteiger partial charge in [-0.25, -0.2) is 4.79 Å². The van der Waals surface area contributed by atoms with Crippen LogP contribution in [0.4, 0.5) is 4.79 Å². The Morgan fingerprint density at radius 3 is 2.29 bits per heavy atom. The Labute approximate surface area is 167 Å². The van der Waals surface area contributed by atoms with Gasteiger partial charge in [0.2, 0.25) is 0 Å². The Morgan fingerprint density at radius 1 is 0.964 bits per heavy atom. The average molecular weight is 385 g/mol. The zero-order valence-electron chi connectivity index (χ0n) is 16.7. The molecule has 0 aliphatic carbocycles. The maximum absolute atomic E-state index is 12.6. The number of piperidine rings is 1. The van der Waals surface area contributed by atoms with Crippen LogP contribution in [0.25, 0.3) is 0 Å². The minimum Gasteiger partial charge on any atom is -0.349 e. The van der Waals surface area contributed by atoms with Crippen molar-refractivity contribution in [3.8, 4) is 0 Å². The van der Waals surface area contributed by atoms with Gasteiger partial charge in [0.05, 0.1) is 0 Å². The first-order chi connectivity index (χ1) is 13.7. The van der Waals surface area contributed by atoms with E-state index in [2.05, 4.69) is 22.8 Å². The van der Waals surface area contributed by atoms with E-state index in [4.69, 9.17) is 0 Å². The molecule has 3 heterocycles. The molecule has 3 amide bonds. The van der Waals surface area contributed by atoms with Crippen LogP contribution in [0.2, 0.25) is 0 Å². The lowest BCUT2D eigenvalue weighted by atomic mass is 9.97. The molecular formula is C22H32N4O2. The average Bonchev–Trinajstić information content (AvgIpc) is 3.43. The molecule has 3 saturated heterocycles. The van der Waals surface area contributed by atoms with Gasteiger partial charge in [-0.1, -0.05) is 12.1 Å². The first kappa shape index (κ1) is 19.2. The molecule has 1 aromatic rings. The molecule has 1 atom stereocenters. The van der Waals surface area contributed by atoms with Crippen LogP contribution in [0, 0.1) is 5.92 Å². The third kappa shape index (κ3) is 4.66. The van der Waals surface area contributed by atoms with E-state index in [1.807, 2.05) is 21.9 Å². The summed E-state index contributed by atoms with van der Waals surface area (Å²) in [5.41, 5.74) is 2.03. The van der Waals surface area contributed by atoms with E-state index in [9.17, 15) is 9.59 Å². The van der Waals surface area contributed by atoms with E-state index in [-0.39, 0.29) is 18.0 Å². The lowest BCUT2D eigenvalue weighted by Gasteiger charge is -2.34. The molecule has 1 aromatic carbocycles. The van der Waals surface area contributed by atoms with Gasteiger partial charge >= 0.3 is 6.03 Å². The Bertz CT molecular complexity index is 670. The first-order valence-electron chi connectivity index (χ1n) is 10.8. The quantitative estimate of drug-likeness (QED) is 0.837. The summed E-state index contributed by atoms with van der Waals surface area (Å²) in [6, 6.07) is 8.39. The number of nitrogens with one attached hydrogen (secondary N) is 2. The predicted molar refractivity (Wildman–Crippen MR) is 109 cm³/mol. The van der Waals surface area contributed by atoms with Crippen molar-refractivity contribution in [3.63, 3.8) is 0 Å². The Balaban J connectivity index is 1.23. The van der Waals surface area contributed by atoms with Crippen molar-refractivity contribution < 1.29 is 9.59 Å². The third-order valence-corrected chi connectivity index (χ3v) is 6.38. The van der Waals surface area contributed by atoms with Gasteiger partial charge in [0, 0.05) is 37.8 Å². The number of carbonyl (C=O) groups excluding carboxylic acids is 2. The molecule has 6 nitrogen and oxygen atoms in total. The van der Waals surface area contributed by atoms with E-state index in [0.29, 0.717) is 5.92 Å². The third-order valence-electron chi connectivity index (χ3n) is 6.38. The molecule has 3 aliphatic rings. The maximum Gasteiger partial charge on any atom is 0.319 e. The molecule has 0 bridgehead atoms. The van der Waals surface area contributed by atoms with Crippen LogP contribution in [-0.2, 0) is 6.42 Å². The van der Waals surface area contributed by atoms with Crippen molar-refractivity contribution >= 4 is 11.9 Å². The van der Waals surface area contributed by atoms with Crippen molar-refractivity contribution in [3.05, 3.63) is 35.4 Å². The highest BCUT2D eigenvalue weighted by atomic mass is 16.2. The molecule has 0 aromatic heterocycles. The number of likely N-dealkylation sites (tertiary alicyclic amines) is 2. The maximum atomic E-state index is 12.6. The van der Waals surface area contributed by atoms with Crippen LogP contribution in [0.5, 0.6) is 0 Å². The lowest BCUT2D eigenvalue weighted by molar-refractivity contribution is 0.0912. The molecule has 28 heavy (non-hydrogen) atoms. The standard InChI is InChI=1S/C22H32N4O2/c27-21(19-5-3-17(4-6-19)15-18-7-10-23-16-18)24-20-8-13-26(14-9-20)22(28)25-11-1-2-12-25/h3-6,18,20,23H,1-2,7-16H2,(H,24,27). The number of amides is 3. The number of benzene rings is 1. The largest absolute Gasteiger partial charge is 0.349 e. The fourth-order valence-corrected chi connectivity index (χ4v) is 4.61. The summed E-state index contributed by atoms with van der Waals surface area (Å²) in [6.07, 6.45) is 6.22. The van der Waals surface area contributed by atoms with Crippen molar-refractivity contribution in [2.24, 2.45) is 5.92 Å². The van der Waals surface area contributed by atoms with Crippen LogP contribution in [-0.4, -0.2) is 67.0 Å². The smallest absolute Gasteiger partial charge is 0.319 e. The van der Waals surface area contributed by atoms with Crippen molar-refractivity contribution in [1.82, 2.24) is 20.4 Å². The second-order valence-corrected chi connectivity index (χ2v) is 8.47. The molecular weight excluding hydrogens is 352 g/mol. The van der Waals surface area contributed by atoms with Gasteiger partial charge in [0.25, 0.3) is 5.91 Å². The molecule has 6 heteroatoms. The van der Waals surface area contributed by atoms with Crippen molar-refractivity contribution in [1.29, 1.82) is 0 Å². The second-order valence-electron chi connectivity index (χ2n) is 8.47. The zero-order chi connectivity index (χ0) is 19.3. The molecule has 3 aliphatic heterocycles. The van der Waals surface area contributed by atoms with Crippen LogP contribution >= 0.6 is 0 Å². The zero-order valence-corrected chi connectivity index (χ0v) is 16.7. The molecule has 0 radical (unpaired) electrons. The Hall–Kier alpha value is -2.08. The number of hydrogen-bond acceptors (Lipinski definition) is 3. The van der Waals surface area contributed by atoms with E-state index in [1.165, 1.54) is 12.0 Å². The number of nitrogens with zero attached hydrogens (tertiary/aromatic N) is 2. The summed E-state index contributed by atoms with van der Waals surface area (Å²) in [4.78, 5) is 29.0. The number of rotatable bonds is 4. The van der Waals surface area contributed by atoms with E-state index >= 15 is 0 Å². The summed E-state index contributed by atoms with van der Waals surface area (Å²) < 4.78 is 0. The first-order valence-corrected chi connectivity index (χ1v) is 10.8. The highest BCUT2D eigenvalue weighted by molar-refractivity contribution is 5.94. The normalized spacial score (nSPS) is 23.2. The van der Waals surface area contributed by atoms with Crippen LogP contribution in [0.1, 0.15) is 48.0 Å². The Morgan fingerprint density at radius 2 is 1.64 bits per heavy atom. The highest BCUT2D eigenvalue weighted by Gasteiger charge is 2.28. The Kier molecular flexibility index (Phi) is 6.15. The van der Waals surface area contributed by atoms with Crippen molar-refractivity contribution in [2.75, 3.05) is 39.3 Å². The van der Waals surface area contributed by atoms with Gasteiger partial charge in [0.1, 0.15) is 0 Å². The van der Waals surface area contributed by atoms with Crippen LogP contribution < -0.4 is 10.6 Å². The molecule has 0 saturated carbocycles. The molecule has 2 N–H and O–H groups in total. The minimum absolute atomic E-state index is 0.00148. The van der Waals surface area contributed by atoms with Gasteiger partial charge in [-0.05, 0) is 75.2 Å². The van der Waals surface area contributed by atoms with Crippen LogP contribution in [0.3, 0.4) is 0 Å². The summed E-state index contributed by atoms with van der Waals surface area (Å²) in [7, 11) is 0. The molecule has 152 valence electrons. The number of urea groups is 1. The van der Waals surface area contributed by atoms with Gasteiger partial charge in [-0.3, -0.25) is 4.79 Å². The van der Waals surface area contributed by atoms with Gasteiger partial charge in [0.15, 0.2) is 0 Å². The predicted octanol–water partition coefficient (Wildman–Crippen LogP) is 2.25. The highest BCUT2D eigenvalue weighted by Crippen LogP contribution is 2.18. The summed E-state index contributed by atoms with van der Waals surface area (Å²) in [5.74, 6) is 0.714. The topological polar surface area (TPSA) is 64.7 Å². The van der Waals surface area contributed by atoms with Gasteiger partial charge in [-0.2, -0.15) is 0 Å². The van der Waals surface area contributed by atoms with E-state index in [1.54, 1.807) is 0 Å². The molecule has 1 unspecified atom stereocenters. The fourth-order valence-electron chi connectivity index (χ4n) is 4.61. The molecule has 0 spiro atoms. The summed E-state index contributed by atoms with van der Waals surface area (Å²) in [6.45, 7) is 5.46. The minimum atomic E-state index is -0.00148. The number of hydrogen-bond donors (Lipinski definition) is 2. The monoisotopic (exact) mass is 384 g/mol. The van der Waals surface area contributed by atoms with Crippen LogP contribution in [0.15, 0.2) is 24.3 Å². The fraction of sp³-hybridized carbons (Fsp3) is 0.636. The molecule has 3 fully saturated rings. The van der Waals surface area contributed by atoms with Gasteiger partial charge < -0.3 is 20.4 Å².